The molecule has 3 nitrogen and oxygen atoms in total. The zero-order valence-corrected chi connectivity index (χ0v) is 9.55. The first-order chi connectivity index (χ1) is 7.77. The Bertz CT molecular complexity index is 411. The van der Waals surface area contributed by atoms with Gasteiger partial charge in [-0.25, -0.2) is 0 Å². The number of furan rings is 1. The van der Waals surface area contributed by atoms with Gasteiger partial charge in [-0.2, -0.15) is 0 Å². The van der Waals surface area contributed by atoms with Crippen LogP contribution < -0.4 is 5.32 Å². The first-order valence-electron chi connectivity index (χ1n) is 5.45. The number of nitrogens with zero attached hydrogens (tertiary/aromatic N) is 1. The quantitative estimate of drug-likeness (QED) is 0.853. The fraction of sp³-hybridized carbons (Fsp3) is 0.308. The van der Waals surface area contributed by atoms with Crippen LogP contribution in [0.4, 0.5) is 0 Å². The van der Waals surface area contributed by atoms with Gasteiger partial charge in [0.15, 0.2) is 0 Å². The van der Waals surface area contributed by atoms with E-state index in [1.54, 1.807) is 12.5 Å². The van der Waals surface area contributed by atoms with Gasteiger partial charge in [0.25, 0.3) is 0 Å². The lowest BCUT2D eigenvalue weighted by Gasteiger charge is -2.19. The van der Waals surface area contributed by atoms with Crippen molar-refractivity contribution >= 4 is 0 Å². The van der Waals surface area contributed by atoms with E-state index in [-0.39, 0.29) is 6.04 Å². The molecule has 2 aromatic rings. The molecule has 2 atom stereocenters. The van der Waals surface area contributed by atoms with E-state index >= 15 is 0 Å². The van der Waals surface area contributed by atoms with Crippen LogP contribution >= 0.6 is 0 Å². The fourth-order valence-corrected chi connectivity index (χ4v) is 1.74. The van der Waals surface area contributed by atoms with Crippen molar-refractivity contribution in [3.05, 3.63) is 54.2 Å². The molecule has 0 saturated carbocycles. The number of hydrogen-bond acceptors (Lipinski definition) is 3. The minimum atomic E-state index is 0.280. The van der Waals surface area contributed by atoms with Crippen LogP contribution in [0.2, 0.25) is 0 Å². The van der Waals surface area contributed by atoms with Crippen molar-refractivity contribution in [2.24, 2.45) is 0 Å². The van der Waals surface area contributed by atoms with Crippen molar-refractivity contribution in [3.8, 4) is 0 Å². The summed E-state index contributed by atoms with van der Waals surface area (Å²) in [5.41, 5.74) is 2.41. The third-order valence-electron chi connectivity index (χ3n) is 2.75. The van der Waals surface area contributed by atoms with E-state index in [1.165, 1.54) is 11.1 Å². The molecular formula is C13H16N2O. The number of nitrogens with one attached hydrogen (secondary N) is 1. The summed E-state index contributed by atoms with van der Waals surface area (Å²) in [5.74, 6) is 0. The molecule has 0 aromatic carbocycles. The second-order valence-corrected chi connectivity index (χ2v) is 3.95. The van der Waals surface area contributed by atoms with Gasteiger partial charge < -0.3 is 9.73 Å². The molecule has 16 heavy (non-hydrogen) atoms. The van der Waals surface area contributed by atoms with Gasteiger partial charge >= 0.3 is 0 Å². The zero-order valence-electron chi connectivity index (χ0n) is 9.55. The van der Waals surface area contributed by atoms with Crippen LogP contribution in [-0.4, -0.2) is 4.98 Å². The third-order valence-corrected chi connectivity index (χ3v) is 2.75. The van der Waals surface area contributed by atoms with Crippen molar-refractivity contribution in [2.45, 2.75) is 25.9 Å². The number of hydrogen-bond donors (Lipinski definition) is 1. The molecule has 0 radical (unpaired) electrons. The van der Waals surface area contributed by atoms with Crippen LogP contribution in [0.25, 0.3) is 0 Å². The molecule has 1 N–H and O–H groups in total. The molecule has 2 aromatic heterocycles. The molecule has 0 bridgehead atoms. The van der Waals surface area contributed by atoms with E-state index in [4.69, 9.17) is 4.42 Å². The molecule has 0 fully saturated rings. The summed E-state index contributed by atoms with van der Waals surface area (Å²) in [5, 5.41) is 3.51. The molecule has 0 amide bonds. The van der Waals surface area contributed by atoms with E-state index in [0.29, 0.717) is 6.04 Å². The van der Waals surface area contributed by atoms with E-state index in [9.17, 15) is 0 Å². The maximum absolute atomic E-state index is 5.07. The molecule has 0 aliphatic rings. The van der Waals surface area contributed by atoms with Crippen LogP contribution in [0.3, 0.4) is 0 Å². The normalized spacial score (nSPS) is 14.6. The maximum atomic E-state index is 5.07. The van der Waals surface area contributed by atoms with Crippen molar-refractivity contribution < 1.29 is 4.42 Å². The Morgan fingerprint density at radius 2 is 1.75 bits per heavy atom. The molecular weight excluding hydrogens is 200 g/mol. The molecule has 0 aliphatic heterocycles. The highest BCUT2D eigenvalue weighted by Gasteiger charge is 2.11. The average molecular weight is 216 g/mol. The van der Waals surface area contributed by atoms with Gasteiger partial charge in [0.2, 0.25) is 0 Å². The van der Waals surface area contributed by atoms with Crippen LogP contribution in [0.15, 0.2) is 47.5 Å². The molecule has 2 rings (SSSR count). The van der Waals surface area contributed by atoms with E-state index in [1.807, 2.05) is 30.6 Å². The second kappa shape index (κ2) is 4.94. The monoisotopic (exact) mass is 216 g/mol. The highest BCUT2D eigenvalue weighted by molar-refractivity contribution is 5.16. The molecule has 3 heteroatoms. The lowest BCUT2D eigenvalue weighted by molar-refractivity contribution is 0.486. The number of pyridine rings is 1. The highest BCUT2D eigenvalue weighted by atomic mass is 16.3. The van der Waals surface area contributed by atoms with E-state index < -0.39 is 0 Å². The summed E-state index contributed by atoms with van der Waals surface area (Å²) < 4.78 is 5.07. The summed E-state index contributed by atoms with van der Waals surface area (Å²) in [6.45, 7) is 4.27. The smallest absolute Gasteiger partial charge is 0.0950 e. The minimum Gasteiger partial charge on any atom is -0.472 e. The Morgan fingerprint density at radius 3 is 2.38 bits per heavy atom. The van der Waals surface area contributed by atoms with Crippen molar-refractivity contribution in [1.29, 1.82) is 0 Å². The predicted molar refractivity (Wildman–Crippen MR) is 62.9 cm³/mol. The summed E-state index contributed by atoms with van der Waals surface area (Å²) in [6, 6.07) is 6.62. The minimum absolute atomic E-state index is 0.280. The summed E-state index contributed by atoms with van der Waals surface area (Å²) in [4.78, 5) is 4.01. The molecule has 1 unspecified atom stereocenters. The third kappa shape index (κ3) is 2.49. The van der Waals surface area contributed by atoms with Crippen molar-refractivity contribution in [1.82, 2.24) is 10.3 Å². The lowest BCUT2D eigenvalue weighted by Crippen LogP contribution is -2.22. The van der Waals surface area contributed by atoms with E-state index in [2.05, 4.69) is 24.1 Å². The van der Waals surface area contributed by atoms with Gasteiger partial charge in [0.1, 0.15) is 0 Å². The first kappa shape index (κ1) is 10.9. The first-order valence-corrected chi connectivity index (χ1v) is 5.45. The van der Waals surface area contributed by atoms with Gasteiger partial charge in [-0.05, 0) is 37.6 Å². The number of aromatic nitrogens is 1. The summed E-state index contributed by atoms with van der Waals surface area (Å²) in [6.07, 6.45) is 7.10. The fourth-order valence-electron chi connectivity index (χ4n) is 1.74. The Balaban J connectivity index is 2.00. The van der Waals surface area contributed by atoms with Crippen molar-refractivity contribution in [3.63, 3.8) is 0 Å². The van der Waals surface area contributed by atoms with Crippen molar-refractivity contribution in [2.75, 3.05) is 0 Å². The summed E-state index contributed by atoms with van der Waals surface area (Å²) >= 11 is 0. The standard InChI is InChI=1S/C13H16N2O/c1-10(12-3-6-14-7-4-12)15-11(2)13-5-8-16-9-13/h3-11,15H,1-2H3/t10-,11?/m0/s1. The molecule has 0 saturated heterocycles. The van der Waals surface area contributed by atoms with Gasteiger partial charge in [0, 0.05) is 30.0 Å². The molecule has 0 spiro atoms. The average Bonchev–Trinajstić information content (AvgIpc) is 2.83. The topological polar surface area (TPSA) is 38.1 Å². The van der Waals surface area contributed by atoms with Crippen LogP contribution in [0.5, 0.6) is 0 Å². The van der Waals surface area contributed by atoms with Crippen LogP contribution in [0.1, 0.15) is 37.1 Å². The maximum Gasteiger partial charge on any atom is 0.0950 e. The zero-order chi connectivity index (χ0) is 11.4. The van der Waals surface area contributed by atoms with Crippen LogP contribution in [0, 0.1) is 0 Å². The summed E-state index contributed by atoms with van der Waals surface area (Å²) in [7, 11) is 0. The van der Waals surface area contributed by atoms with E-state index in [0.717, 1.165) is 0 Å². The Morgan fingerprint density at radius 1 is 1.06 bits per heavy atom. The SMILES string of the molecule is CC(N[C@@H](C)c1ccncc1)c1ccoc1. The highest BCUT2D eigenvalue weighted by Crippen LogP contribution is 2.18. The largest absolute Gasteiger partial charge is 0.472 e. The van der Waals surface area contributed by atoms with Gasteiger partial charge in [-0.15, -0.1) is 0 Å². The van der Waals surface area contributed by atoms with Gasteiger partial charge in [-0.3, -0.25) is 4.98 Å². The Kier molecular flexibility index (Phi) is 3.37. The van der Waals surface area contributed by atoms with Gasteiger partial charge in [-0.1, -0.05) is 0 Å². The van der Waals surface area contributed by atoms with Crippen LogP contribution in [-0.2, 0) is 0 Å². The molecule has 84 valence electrons. The predicted octanol–water partition coefficient (Wildman–Crippen LogP) is 3.09. The molecule has 2 heterocycles. The Labute approximate surface area is 95.5 Å². The number of rotatable bonds is 4. The van der Waals surface area contributed by atoms with Gasteiger partial charge in [0.05, 0.1) is 12.5 Å². The second-order valence-electron chi connectivity index (χ2n) is 3.95. The lowest BCUT2D eigenvalue weighted by atomic mass is 10.1. The Hall–Kier alpha value is -1.61. The molecule has 0 aliphatic carbocycles.